The molecule has 118 valence electrons. The minimum Gasteiger partial charge on any atom is -0.271 e. The van der Waals surface area contributed by atoms with Crippen LogP contribution < -0.4 is 11.3 Å². The number of hydrogen-bond acceptors (Lipinski definition) is 2. The summed E-state index contributed by atoms with van der Waals surface area (Å²) in [6.45, 7) is 11.5. The Labute approximate surface area is 130 Å². The predicted octanol–water partition coefficient (Wildman–Crippen LogP) is 4.56. The molecule has 0 amide bonds. The molecule has 1 aromatic carbocycles. The highest BCUT2D eigenvalue weighted by Crippen LogP contribution is 2.39. The van der Waals surface area contributed by atoms with E-state index < -0.39 is 0 Å². The Kier molecular flexibility index (Phi) is 5.11. The molecule has 1 saturated carbocycles. The maximum atomic E-state index is 5.89. The first kappa shape index (κ1) is 16.5. The van der Waals surface area contributed by atoms with Gasteiger partial charge < -0.3 is 0 Å². The van der Waals surface area contributed by atoms with E-state index in [2.05, 4.69) is 64.3 Å². The first-order chi connectivity index (χ1) is 9.82. The summed E-state index contributed by atoms with van der Waals surface area (Å²) >= 11 is 0. The number of hydrogen-bond donors (Lipinski definition) is 2. The molecule has 0 radical (unpaired) electrons. The van der Waals surface area contributed by atoms with Crippen LogP contribution in [0.15, 0.2) is 24.3 Å². The Morgan fingerprint density at radius 2 is 1.67 bits per heavy atom. The van der Waals surface area contributed by atoms with Gasteiger partial charge in [0.15, 0.2) is 0 Å². The predicted molar refractivity (Wildman–Crippen MR) is 90.9 cm³/mol. The van der Waals surface area contributed by atoms with E-state index in [0.29, 0.717) is 5.92 Å². The Balaban J connectivity index is 2.14. The van der Waals surface area contributed by atoms with Crippen LogP contribution >= 0.6 is 0 Å². The van der Waals surface area contributed by atoms with Crippen LogP contribution in [-0.4, -0.2) is 0 Å². The number of rotatable bonds is 3. The molecule has 1 aromatic rings. The molecule has 4 atom stereocenters. The first-order valence-corrected chi connectivity index (χ1v) is 8.39. The van der Waals surface area contributed by atoms with Crippen LogP contribution in [0.4, 0.5) is 0 Å². The molecule has 2 rings (SSSR count). The summed E-state index contributed by atoms with van der Waals surface area (Å²) in [6.07, 6.45) is 3.88. The molecular formula is C19H32N2. The second-order valence-electron chi connectivity index (χ2n) is 8.04. The van der Waals surface area contributed by atoms with Gasteiger partial charge in [-0.15, -0.1) is 0 Å². The van der Waals surface area contributed by atoms with Gasteiger partial charge in [-0.1, -0.05) is 65.3 Å². The normalized spacial score (nSPS) is 28.4. The number of hydrazine groups is 1. The van der Waals surface area contributed by atoms with Gasteiger partial charge in [0.25, 0.3) is 0 Å². The van der Waals surface area contributed by atoms with Gasteiger partial charge in [0.1, 0.15) is 0 Å². The zero-order valence-electron chi connectivity index (χ0n) is 14.3. The van der Waals surface area contributed by atoms with Crippen LogP contribution in [0.1, 0.15) is 71.0 Å². The fourth-order valence-corrected chi connectivity index (χ4v) is 3.59. The molecule has 0 heterocycles. The molecule has 3 N–H and O–H groups in total. The summed E-state index contributed by atoms with van der Waals surface area (Å²) in [6, 6.07) is 9.32. The van der Waals surface area contributed by atoms with Crippen molar-refractivity contribution in [1.29, 1.82) is 0 Å². The number of benzene rings is 1. The van der Waals surface area contributed by atoms with Crippen molar-refractivity contribution in [2.75, 3.05) is 0 Å². The molecular weight excluding hydrogens is 256 g/mol. The van der Waals surface area contributed by atoms with Gasteiger partial charge in [0.2, 0.25) is 0 Å². The van der Waals surface area contributed by atoms with Crippen molar-refractivity contribution in [3.63, 3.8) is 0 Å². The molecule has 0 aliphatic heterocycles. The largest absolute Gasteiger partial charge is 0.271 e. The average molecular weight is 288 g/mol. The van der Waals surface area contributed by atoms with Gasteiger partial charge in [-0.3, -0.25) is 11.3 Å². The summed E-state index contributed by atoms with van der Waals surface area (Å²) in [5.41, 5.74) is 6.00. The fraction of sp³-hybridized carbons (Fsp3) is 0.684. The van der Waals surface area contributed by atoms with Crippen LogP contribution in [0, 0.1) is 17.8 Å². The molecule has 0 bridgehead atoms. The molecule has 4 unspecified atom stereocenters. The average Bonchev–Trinajstić information content (AvgIpc) is 2.43. The van der Waals surface area contributed by atoms with E-state index in [4.69, 9.17) is 5.84 Å². The van der Waals surface area contributed by atoms with E-state index in [1.165, 1.54) is 30.4 Å². The summed E-state index contributed by atoms with van der Waals surface area (Å²) in [5.74, 6) is 8.19. The van der Waals surface area contributed by atoms with Crippen molar-refractivity contribution in [3.05, 3.63) is 35.4 Å². The van der Waals surface area contributed by atoms with Gasteiger partial charge in [0, 0.05) is 6.04 Å². The lowest BCUT2D eigenvalue weighted by atomic mass is 9.72. The molecule has 1 aliphatic rings. The van der Waals surface area contributed by atoms with Crippen LogP contribution in [-0.2, 0) is 5.41 Å². The number of nitrogens with one attached hydrogen (secondary N) is 1. The summed E-state index contributed by atoms with van der Waals surface area (Å²) in [5, 5.41) is 0. The lowest BCUT2D eigenvalue weighted by Gasteiger charge is -2.36. The van der Waals surface area contributed by atoms with Crippen molar-refractivity contribution in [3.8, 4) is 0 Å². The quantitative estimate of drug-likeness (QED) is 0.632. The zero-order chi connectivity index (χ0) is 15.6. The van der Waals surface area contributed by atoms with E-state index in [9.17, 15) is 0 Å². The summed E-state index contributed by atoms with van der Waals surface area (Å²) in [4.78, 5) is 0. The van der Waals surface area contributed by atoms with E-state index in [0.717, 1.165) is 11.8 Å². The van der Waals surface area contributed by atoms with E-state index in [1.807, 2.05) is 0 Å². The van der Waals surface area contributed by atoms with Crippen molar-refractivity contribution < 1.29 is 0 Å². The van der Waals surface area contributed by atoms with Crippen LogP contribution in [0.3, 0.4) is 0 Å². The highest BCUT2D eigenvalue weighted by molar-refractivity contribution is 5.29. The molecule has 2 heteroatoms. The van der Waals surface area contributed by atoms with Crippen LogP contribution in [0.2, 0.25) is 0 Å². The third kappa shape index (κ3) is 3.87. The lowest BCUT2D eigenvalue weighted by Crippen LogP contribution is -2.37. The number of nitrogens with two attached hydrogens (primary N) is 1. The molecule has 21 heavy (non-hydrogen) atoms. The topological polar surface area (TPSA) is 38.0 Å². The van der Waals surface area contributed by atoms with Crippen molar-refractivity contribution in [2.45, 2.75) is 65.3 Å². The third-order valence-electron chi connectivity index (χ3n) is 5.43. The Morgan fingerprint density at radius 1 is 1.05 bits per heavy atom. The van der Waals surface area contributed by atoms with Crippen molar-refractivity contribution in [1.82, 2.24) is 5.43 Å². The minimum atomic E-state index is 0.207. The zero-order valence-corrected chi connectivity index (χ0v) is 14.3. The van der Waals surface area contributed by atoms with Gasteiger partial charge in [-0.05, 0) is 47.1 Å². The second kappa shape index (κ2) is 6.50. The van der Waals surface area contributed by atoms with E-state index in [-0.39, 0.29) is 11.5 Å². The van der Waals surface area contributed by atoms with E-state index >= 15 is 0 Å². The van der Waals surface area contributed by atoms with Gasteiger partial charge in [-0.2, -0.15) is 0 Å². The minimum absolute atomic E-state index is 0.207. The summed E-state index contributed by atoms with van der Waals surface area (Å²) in [7, 11) is 0. The molecule has 0 aromatic heterocycles. The molecule has 0 saturated heterocycles. The standard InChI is InChI=1S/C19H32N2/c1-13-6-7-16(12-14(13)2)18(21-20)15-8-10-17(11-9-15)19(3,4)5/h8-11,13-14,16,18,21H,6-7,12,20H2,1-5H3. The Bertz CT molecular complexity index is 444. The smallest absolute Gasteiger partial charge is 0.0488 e. The van der Waals surface area contributed by atoms with Crippen LogP contribution in [0.25, 0.3) is 0 Å². The second-order valence-corrected chi connectivity index (χ2v) is 8.04. The van der Waals surface area contributed by atoms with Gasteiger partial charge >= 0.3 is 0 Å². The van der Waals surface area contributed by atoms with Gasteiger partial charge in [-0.25, -0.2) is 0 Å². The highest BCUT2D eigenvalue weighted by Gasteiger charge is 2.30. The fourth-order valence-electron chi connectivity index (χ4n) is 3.59. The molecule has 1 fully saturated rings. The maximum Gasteiger partial charge on any atom is 0.0488 e. The van der Waals surface area contributed by atoms with Gasteiger partial charge in [0.05, 0.1) is 0 Å². The molecule has 1 aliphatic carbocycles. The summed E-state index contributed by atoms with van der Waals surface area (Å²) < 4.78 is 0. The lowest BCUT2D eigenvalue weighted by molar-refractivity contribution is 0.171. The van der Waals surface area contributed by atoms with Crippen molar-refractivity contribution in [2.24, 2.45) is 23.6 Å². The molecule has 2 nitrogen and oxygen atoms in total. The first-order valence-electron chi connectivity index (χ1n) is 8.39. The monoisotopic (exact) mass is 288 g/mol. The Morgan fingerprint density at radius 3 is 2.14 bits per heavy atom. The maximum absolute atomic E-state index is 5.89. The molecule has 0 spiro atoms. The third-order valence-corrected chi connectivity index (χ3v) is 5.43. The highest BCUT2D eigenvalue weighted by atomic mass is 15.2. The van der Waals surface area contributed by atoms with E-state index in [1.54, 1.807) is 0 Å². The SMILES string of the molecule is CC1CCC(C(NN)c2ccc(C(C)(C)C)cc2)CC1C. The van der Waals surface area contributed by atoms with Crippen LogP contribution in [0.5, 0.6) is 0 Å². The Hall–Kier alpha value is -0.860. The van der Waals surface area contributed by atoms with Crippen molar-refractivity contribution >= 4 is 0 Å².